The fourth-order valence-corrected chi connectivity index (χ4v) is 3.54. The molecule has 1 saturated carbocycles. The first-order valence-electron chi connectivity index (χ1n) is 6.89. The minimum Gasteiger partial charge on any atom is -0.389 e. The lowest BCUT2D eigenvalue weighted by atomic mass is 9.65. The quantitative estimate of drug-likeness (QED) is 0.801. The molecule has 2 atom stereocenters. The van der Waals surface area contributed by atoms with Gasteiger partial charge in [-0.25, -0.2) is 0 Å². The van der Waals surface area contributed by atoms with Gasteiger partial charge in [0.25, 0.3) is 0 Å². The van der Waals surface area contributed by atoms with Crippen molar-refractivity contribution in [3.63, 3.8) is 0 Å². The van der Waals surface area contributed by atoms with Gasteiger partial charge in [-0.15, -0.1) is 0 Å². The first kappa shape index (κ1) is 12.4. The summed E-state index contributed by atoms with van der Waals surface area (Å²) in [7, 11) is 0. The van der Waals surface area contributed by atoms with E-state index >= 15 is 0 Å². The van der Waals surface area contributed by atoms with E-state index < -0.39 is 5.60 Å². The predicted molar refractivity (Wildman–Crippen MR) is 65.3 cm³/mol. The Labute approximate surface area is 99.4 Å². The van der Waals surface area contributed by atoms with Gasteiger partial charge in [-0.2, -0.15) is 0 Å². The van der Waals surface area contributed by atoms with Gasteiger partial charge in [0.15, 0.2) is 0 Å². The Bertz CT molecular complexity index is 245. The highest BCUT2D eigenvalue weighted by Crippen LogP contribution is 2.48. The van der Waals surface area contributed by atoms with Crippen molar-refractivity contribution >= 4 is 0 Å². The van der Waals surface area contributed by atoms with E-state index in [1.54, 1.807) is 0 Å². The van der Waals surface area contributed by atoms with Crippen molar-refractivity contribution in [2.75, 3.05) is 6.61 Å². The van der Waals surface area contributed by atoms with Crippen LogP contribution in [0.25, 0.3) is 0 Å². The average molecular weight is 226 g/mol. The van der Waals surface area contributed by atoms with Gasteiger partial charge in [0.1, 0.15) is 0 Å². The van der Waals surface area contributed by atoms with Gasteiger partial charge in [-0.3, -0.25) is 0 Å². The molecule has 1 heterocycles. The monoisotopic (exact) mass is 226 g/mol. The Balaban J connectivity index is 2.08. The lowest BCUT2D eigenvalue weighted by Crippen LogP contribution is -2.53. The third-order valence-electron chi connectivity index (χ3n) is 5.03. The summed E-state index contributed by atoms with van der Waals surface area (Å²) in [5.74, 6) is 0.782. The summed E-state index contributed by atoms with van der Waals surface area (Å²) in [6.07, 6.45) is 6.70. The van der Waals surface area contributed by atoms with Crippen LogP contribution >= 0.6 is 0 Å². The molecule has 2 fully saturated rings. The standard InChI is InChI=1S/C14H26O2/c1-4-14(15,11(2)3)12-6-9-16-13(10-12)7-5-8-13/h11-12,15H,4-10H2,1-3H3. The highest BCUT2D eigenvalue weighted by molar-refractivity contribution is 5.00. The van der Waals surface area contributed by atoms with Crippen LogP contribution in [-0.2, 0) is 4.74 Å². The Morgan fingerprint density at radius 3 is 2.56 bits per heavy atom. The van der Waals surface area contributed by atoms with E-state index in [1.807, 2.05) is 0 Å². The molecule has 1 N–H and O–H groups in total. The Kier molecular flexibility index (Phi) is 3.33. The van der Waals surface area contributed by atoms with Crippen molar-refractivity contribution < 1.29 is 9.84 Å². The summed E-state index contributed by atoms with van der Waals surface area (Å²) in [5, 5.41) is 10.8. The molecule has 1 spiro atoms. The van der Waals surface area contributed by atoms with E-state index in [0.29, 0.717) is 11.8 Å². The molecule has 2 heteroatoms. The van der Waals surface area contributed by atoms with Gasteiger partial charge >= 0.3 is 0 Å². The summed E-state index contributed by atoms with van der Waals surface area (Å²) < 4.78 is 5.94. The summed E-state index contributed by atoms with van der Waals surface area (Å²) in [6.45, 7) is 7.25. The Morgan fingerprint density at radius 1 is 1.44 bits per heavy atom. The van der Waals surface area contributed by atoms with Gasteiger partial charge in [-0.1, -0.05) is 20.8 Å². The molecule has 1 aliphatic carbocycles. The molecule has 2 aliphatic rings. The smallest absolute Gasteiger partial charge is 0.0697 e. The minimum atomic E-state index is -0.480. The van der Waals surface area contributed by atoms with Crippen LogP contribution < -0.4 is 0 Å². The van der Waals surface area contributed by atoms with Crippen LogP contribution in [0.5, 0.6) is 0 Å². The molecular weight excluding hydrogens is 200 g/mol. The fourth-order valence-electron chi connectivity index (χ4n) is 3.54. The lowest BCUT2D eigenvalue weighted by molar-refractivity contribution is -0.184. The van der Waals surface area contributed by atoms with E-state index in [2.05, 4.69) is 20.8 Å². The summed E-state index contributed by atoms with van der Waals surface area (Å²) in [5.41, 5.74) is -0.326. The maximum absolute atomic E-state index is 10.8. The molecule has 94 valence electrons. The second-order valence-corrected chi connectivity index (χ2v) is 6.07. The molecule has 0 radical (unpaired) electrons. The Hall–Kier alpha value is -0.0800. The second-order valence-electron chi connectivity index (χ2n) is 6.07. The second kappa shape index (κ2) is 4.30. The van der Waals surface area contributed by atoms with Crippen molar-refractivity contribution in [1.29, 1.82) is 0 Å². The summed E-state index contributed by atoms with van der Waals surface area (Å²) in [6, 6.07) is 0. The molecule has 0 bridgehead atoms. The number of aliphatic hydroxyl groups is 1. The van der Waals surface area contributed by atoms with Crippen LogP contribution in [0.2, 0.25) is 0 Å². The van der Waals surface area contributed by atoms with Crippen LogP contribution in [0, 0.1) is 11.8 Å². The molecule has 2 rings (SSSR count). The molecule has 0 aromatic carbocycles. The van der Waals surface area contributed by atoms with Crippen molar-refractivity contribution in [2.45, 2.75) is 70.5 Å². The molecule has 0 aromatic heterocycles. The van der Waals surface area contributed by atoms with Crippen LogP contribution in [0.15, 0.2) is 0 Å². The fraction of sp³-hybridized carbons (Fsp3) is 1.00. The normalized spacial score (nSPS) is 32.4. The van der Waals surface area contributed by atoms with Gasteiger partial charge in [0, 0.05) is 6.61 Å². The van der Waals surface area contributed by atoms with Gasteiger partial charge in [0.05, 0.1) is 11.2 Å². The van der Waals surface area contributed by atoms with E-state index in [9.17, 15) is 5.11 Å². The van der Waals surface area contributed by atoms with Gasteiger partial charge < -0.3 is 9.84 Å². The van der Waals surface area contributed by atoms with Crippen LogP contribution in [-0.4, -0.2) is 22.9 Å². The summed E-state index contributed by atoms with van der Waals surface area (Å²) >= 11 is 0. The minimum absolute atomic E-state index is 0.154. The van der Waals surface area contributed by atoms with E-state index in [0.717, 1.165) is 25.9 Å². The zero-order valence-corrected chi connectivity index (χ0v) is 11.0. The third-order valence-corrected chi connectivity index (χ3v) is 5.03. The van der Waals surface area contributed by atoms with Crippen LogP contribution in [0.1, 0.15) is 59.3 Å². The number of ether oxygens (including phenoxy) is 1. The largest absolute Gasteiger partial charge is 0.389 e. The molecule has 0 amide bonds. The maximum Gasteiger partial charge on any atom is 0.0697 e. The van der Waals surface area contributed by atoms with E-state index in [1.165, 1.54) is 19.3 Å². The van der Waals surface area contributed by atoms with Crippen LogP contribution in [0.3, 0.4) is 0 Å². The molecule has 16 heavy (non-hydrogen) atoms. The molecule has 0 aromatic rings. The van der Waals surface area contributed by atoms with E-state index in [-0.39, 0.29) is 5.60 Å². The topological polar surface area (TPSA) is 29.5 Å². The maximum atomic E-state index is 10.8. The zero-order valence-electron chi connectivity index (χ0n) is 11.0. The number of rotatable bonds is 3. The number of hydrogen-bond donors (Lipinski definition) is 1. The van der Waals surface area contributed by atoms with Crippen molar-refractivity contribution in [2.24, 2.45) is 11.8 Å². The predicted octanol–water partition coefficient (Wildman–Crippen LogP) is 3.13. The van der Waals surface area contributed by atoms with E-state index in [4.69, 9.17) is 4.74 Å². The lowest BCUT2D eigenvalue weighted by Gasteiger charge is -2.51. The average Bonchev–Trinajstić information content (AvgIpc) is 2.25. The van der Waals surface area contributed by atoms with Gasteiger partial charge in [-0.05, 0) is 50.4 Å². The summed E-state index contributed by atoms with van der Waals surface area (Å²) in [4.78, 5) is 0. The molecule has 2 unspecified atom stereocenters. The Morgan fingerprint density at radius 2 is 2.12 bits per heavy atom. The third kappa shape index (κ3) is 1.91. The highest BCUT2D eigenvalue weighted by atomic mass is 16.5. The molecule has 2 nitrogen and oxygen atoms in total. The molecule has 1 aliphatic heterocycles. The van der Waals surface area contributed by atoms with Gasteiger partial charge in [0.2, 0.25) is 0 Å². The molecular formula is C14H26O2. The number of hydrogen-bond acceptors (Lipinski definition) is 2. The van der Waals surface area contributed by atoms with Crippen molar-refractivity contribution in [3.8, 4) is 0 Å². The zero-order chi connectivity index (χ0) is 11.8. The van der Waals surface area contributed by atoms with Crippen molar-refractivity contribution in [1.82, 2.24) is 0 Å². The van der Waals surface area contributed by atoms with Crippen LogP contribution in [0.4, 0.5) is 0 Å². The van der Waals surface area contributed by atoms with Crippen molar-refractivity contribution in [3.05, 3.63) is 0 Å². The first-order chi connectivity index (χ1) is 7.52. The highest BCUT2D eigenvalue weighted by Gasteiger charge is 2.48. The first-order valence-corrected chi connectivity index (χ1v) is 6.89. The SMILES string of the molecule is CCC(O)(C(C)C)C1CCOC2(CCC2)C1. The molecule has 1 saturated heterocycles.